The summed E-state index contributed by atoms with van der Waals surface area (Å²) in [5.41, 5.74) is 1.66. The highest BCUT2D eigenvalue weighted by Crippen LogP contribution is 2.38. The quantitative estimate of drug-likeness (QED) is 0.860. The molecule has 2 nitrogen and oxygen atoms in total. The Hall–Kier alpha value is -0.860. The molecule has 1 aromatic rings. The zero-order chi connectivity index (χ0) is 15.3. The standard InChI is InChI=1S/C19H31NO/c1-4-19(5-2)11-13-20(14-12-19)15-18(3,16-21)17-9-7-6-8-10-17/h6-10,21H,4-5,11-16H2,1-3H3. The lowest BCUT2D eigenvalue weighted by molar-refractivity contribution is 0.0669. The molecule has 1 atom stereocenters. The van der Waals surface area contributed by atoms with Crippen LogP contribution in [0.3, 0.4) is 0 Å². The van der Waals surface area contributed by atoms with Crippen LogP contribution in [0.5, 0.6) is 0 Å². The maximum absolute atomic E-state index is 9.94. The number of likely N-dealkylation sites (tertiary alicyclic amines) is 1. The van der Waals surface area contributed by atoms with E-state index < -0.39 is 0 Å². The van der Waals surface area contributed by atoms with Gasteiger partial charge in [0.15, 0.2) is 0 Å². The maximum Gasteiger partial charge on any atom is 0.0537 e. The average molecular weight is 289 g/mol. The van der Waals surface area contributed by atoms with Crippen LogP contribution in [0, 0.1) is 5.41 Å². The van der Waals surface area contributed by atoms with E-state index in [-0.39, 0.29) is 12.0 Å². The van der Waals surface area contributed by atoms with Gasteiger partial charge in [-0.2, -0.15) is 0 Å². The summed E-state index contributed by atoms with van der Waals surface area (Å²) in [6, 6.07) is 10.5. The summed E-state index contributed by atoms with van der Waals surface area (Å²) in [6.45, 7) is 10.4. The second-order valence-corrected chi connectivity index (χ2v) is 7.07. The van der Waals surface area contributed by atoms with Crippen LogP contribution in [0.2, 0.25) is 0 Å². The van der Waals surface area contributed by atoms with E-state index in [4.69, 9.17) is 0 Å². The molecule has 0 aromatic heterocycles. The lowest BCUT2D eigenvalue weighted by Gasteiger charge is -2.44. The van der Waals surface area contributed by atoms with Crippen LogP contribution >= 0.6 is 0 Å². The van der Waals surface area contributed by atoms with Gasteiger partial charge in [0.1, 0.15) is 0 Å². The number of rotatable bonds is 6. The molecule has 118 valence electrons. The Balaban J connectivity index is 2.01. The van der Waals surface area contributed by atoms with Crippen molar-refractivity contribution in [2.45, 2.75) is 51.9 Å². The van der Waals surface area contributed by atoms with E-state index in [2.05, 4.69) is 49.9 Å². The summed E-state index contributed by atoms with van der Waals surface area (Å²) in [5, 5.41) is 9.94. The highest BCUT2D eigenvalue weighted by molar-refractivity contribution is 5.25. The molecule has 0 spiro atoms. The van der Waals surface area contributed by atoms with Gasteiger partial charge in [-0.3, -0.25) is 0 Å². The molecule has 0 saturated carbocycles. The van der Waals surface area contributed by atoms with E-state index in [0.29, 0.717) is 5.41 Å². The van der Waals surface area contributed by atoms with Crippen LogP contribution in [0.25, 0.3) is 0 Å². The number of aliphatic hydroxyl groups is 1. The number of benzene rings is 1. The van der Waals surface area contributed by atoms with Gasteiger partial charge in [-0.25, -0.2) is 0 Å². The largest absolute Gasteiger partial charge is 0.395 e. The van der Waals surface area contributed by atoms with Crippen molar-refractivity contribution in [3.8, 4) is 0 Å². The zero-order valence-corrected chi connectivity index (χ0v) is 13.9. The fourth-order valence-corrected chi connectivity index (χ4v) is 3.71. The first-order chi connectivity index (χ1) is 10.1. The predicted molar refractivity (Wildman–Crippen MR) is 89.6 cm³/mol. The minimum Gasteiger partial charge on any atom is -0.395 e. The first-order valence-corrected chi connectivity index (χ1v) is 8.46. The van der Waals surface area contributed by atoms with Crippen LogP contribution in [0.1, 0.15) is 52.0 Å². The van der Waals surface area contributed by atoms with Crippen LogP contribution in [0.15, 0.2) is 30.3 Å². The molecule has 21 heavy (non-hydrogen) atoms. The Kier molecular flexibility index (Phi) is 5.45. The molecule has 1 saturated heterocycles. The van der Waals surface area contributed by atoms with Gasteiger partial charge < -0.3 is 10.0 Å². The highest BCUT2D eigenvalue weighted by atomic mass is 16.3. The topological polar surface area (TPSA) is 23.5 Å². The molecule has 1 unspecified atom stereocenters. The Labute approximate surface area is 130 Å². The summed E-state index contributed by atoms with van der Waals surface area (Å²) >= 11 is 0. The summed E-state index contributed by atoms with van der Waals surface area (Å²) in [5.74, 6) is 0. The molecular formula is C19H31NO. The van der Waals surface area contributed by atoms with Crippen LogP contribution in [-0.2, 0) is 5.41 Å². The van der Waals surface area contributed by atoms with Gasteiger partial charge in [0.25, 0.3) is 0 Å². The number of hydrogen-bond donors (Lipinski definition) is 1. The van der Waals surface area contributed by atoms with Gasteiger partial charge in [0.05, 0.1) is 6.61 Å². The van der Waals surface area contributed by atoms with Gasteiger partial charge in [0, 0.05) is 12.0 Å². The van der Waals surface area contributed by atoms with Crippen molar-refractivity contribution in [2.24, 2.45) is 5.41 Å². The van der Waals surface area contributed by atoms with E-state index in [1.807, 2.05) is 6.07 Å². The molecule has 0 amide bonds. The Morgan fingerprint density at radius 2 is 1.67 bits per heavy atom. The minimum absolute atomic E-state index is 0.153. The van der Waals surface area contributed by atoms with Crippen molar-refractivity contribution in [2.75, 3.05) is 26.2 Å². The second kappa shape index (κ2) is 6.93. The Morgan fingerprint density at radius 3 is 2.14 bits per heavy atom. The molecule has 1 fully saturated rings. The SMILES string of the molecule is CCC1(CC)CCN(CC(C)(CO)c2ccccc2)CC1. The van der Waals surface area contributed by atoms with E-state index >= 15 is 0 Å². The van der Waals surface area contributed by atoms with Crippen molar-refractivity contribution in [3.05, 3.63) is 35.9 Å². The third kappa shape index (κ3) is 3.67. The number of hydrogen-bond acceptors (Lipinski definition) is 2. The maximum atomic E-state index is 9.94. The molecule has 1 heterocycles. The number of piperidine rings is 1. The summed E-state index contributed by atoms with van der Waals surface area (Å²) in [7, 11) is 0. The summed E-state index contributed by atoms with van der Waals surface area (Å²) in [6.07, 6.45) is 5.20. The first-order valence-electron chi connectivity index (χ1n) is 8.46. The average Bonchev–Trinajstić information content (AvgIpc) is 2.56. The van der Waals surface area contributed by atoms with E-state index in [9.17, 15) is 5.11 Å². The van der Waals surface area contributed by atoms with Crippen LogP contribution in [-0.4, -0.2) is 36.2 Å². The second-order valence-electron chi connectivity index (χ2n) is 7.07. The molecule has 0 aliphatic carbocycles. The molecule has 1 aliphatic heterocycles. The molecule has 2 heteroatoms. The molecule has 0 bridgehead atoms. The lowest BCUT2D eigenvalue weighted by Crippen LogP contribution is -2.47. The van der Waals surface area contributed by atoms with E-state index in [1.165, 1.54) is 44.3 Å². The van der Waals surface area contributed by atoms with Gasteiger partial charge in [-0.05, 0) is 36.9 Å². The van der Waals surface area contributed by atoms with E-state index in [1.54, 1.807) is 0 Å². The fraction of sp³-hybridized carbons (Fsp3) is 0.684. The van der Waals surface area contributed by atoms with Crippen molar-refractivity contribution >= 4 is 0 Å². The highest BCUT2D eigenvalue weighted by Gasteiger charge is 2.34. The minimum atomic E-state index is -0.153. The van der Waals surface area contributed by atoms with Crippen molar-refractivity contribution in [1.82, 2.24) is 4.90 Å². The molecule has 1 aliphatic rings. The third-order valence-corrected chi connectivity index (χ3v) is 5.81. The van der Waals surface area contributed by atoms with Crippen molar-refractivity contribution in [3.63, 3.8) is 0 Å². The third-order valence-electron chi connectivity index (χ3n) is 5.81. The predicted octanol–water partition coefficient (Wildman–Crippen LogP) is 3.84. The van der Waals surface area contributed by atoms with Crippen LogP contribution < -0.4 is 0 Å². The van der Waals surface area contributed by atoms with Gasteiger partial charge in [0.2, 0.25) is 0 Å². The monoisotopic (exact) mass is 289 g/mol. The normalized spacial score (nSPS) is 21.9. The van der Waals surface area contributed by atoms with Gasteiger partial charge in [-0.1, -0.05) is 63.9 Å². The molecule has 0 radical (unpaired) electrons. The number of nitrogens with zero attached hydrogens (tertiary/aromatic N) is 1. The van der Waals surface area contributed by atoms with Crippen LogP contribution in [0.4, 0.5) is 0 Å². The smallest absolute Gasteiger partial charge is 0.0537 e. The first kappa shape index (κ1) is 16.5. The molecule has 1 N–H and O–H groups in total. The van der Waals surface area contributed by atoms with Gasteiger partial charge in [-0.15, -0.1) is 0 Å². The van der Waals surface area contributed by atoms with E-state index in [0.717, 1.165) is 6.54 Å². The van der Waals surface area contributed by atoms with Crippen molar-refractivity contribution < 1.29 is 5.11 Å². The molecule has 2 rings (SSSR count). The fourth-order valence-electron chi connectivity index (χ4n) is 3.71. The van der Waals surface area contributed by atoms with Gasteiger partial charge >= 0.3 is 0 Å². The lowest BCUT2D eigenvalue weighted by atomic mass is 9.73. The molecular weight excluding hydrogens is 258 g/mol. The Morgan fingerprint density at radius 1 is 1.10 bits per heavy atom. The number of aliphatic hydroxyl groups excluding tert-OH is 1. The summed E-state index contributed by atoms with van der Waals surface area (Å²) < 4.78 is 0. The summed E-state index contributed by atoms with van der Waals surface area (Å²) in [4.78, 5) is 2.55. The zero-order valence-electron chi connectivity index (χ0n) is 13.9. The van der Waals surface area contributed by atoms with Crippen molar-refractivity contribution in [1.29, 1.82) is 0 Å². The molecule has 1 aromatic carbocycles. The Bertz CT molecular complexity index is 416.